The van der Waals surface area contributed by atoms with Crippen LogP contribution < -0.4 is 5.32 Å². The van der Waals surface area contributed by atoms with Gasteiger partial charge in [-0.3, -0.25) is 4.68 Å². The van der Waals surface area contributed by atoms with Crippen molar-refractivity contribution in [3.05, 3.63) is 17.5 Å². The Balaban J connectivity index is 2.85. The minimum absolute atomic E-state index is 0.346. The van der Waals surface area contributed by atoms with E-state index in [4.69, 9.17) is 0 Å². The molecular weight excluding hydrogens is 182 g/mol. The third kappa shape index (κ3) is 2.32. The van der Waals surface area contributed by atoms with Gasteiger partial charge in [-0.2, -0.15) is 5.10 Å². The van der Waals surface area contributed by atoms with Gasteiger partial charge in [0.2, 0.25) is 0 Å². The number of carbonyl (C=O) groups excluding carboxylic acids is 1. The van der Waals surface area contributed by atoms with Crippen molar-refractivity contribution in [3.8, 4) is 0 Å². The summed E-state index contributed by atoms with van der Waals surface area (Å²) in [5.41, 5.74) is 1.32. The molecular formula is C9H15N3O2. The van der Waals surface area contributed by atoms with Crippen molar-refractivity contribution in [1.82, 2.24) is 15.1 Å². The van der Waals surface area contributed by atoms with Gasteiger partial charge in [-0.25, -0.2) is 4.79 Å². The van der Waals surface area contributed by atoms with E-state index >= 15 is 0 Å². The Hall–Kier alpha value is -1.36. The van der Waals surface area contributed by atoms with Crippen LogP contribution >= 0.6 is 0 Å². The van der Waals surface area contributed by atoms with Crippen LogP contribution in [-0.4, -0.2) is 36.5 Å². The molecule has 0 aliphatic heterocycles. The van der Waals surface area contributed by atoms with E-state index in [0.717, 1.165) is 12.2 Å². The molecule has 0 bridgehead atoms. The summed E-state index contributed by atoms with van der Waals surface area (Å²) in [5, 5.41) is 7.19. The molecule has 78 valence electrons. The molecule has 1 aromatic rings. The summed E-state index contributed by atoms with van der Waals surface area (Å²) in [5.74, 6) is -0.346. The van der Waals surface area contributed by atoms with E-state index in [2.05, 4.69) is 15.2 Å². The summed E-state index contributed by atoms with van der Waals surface area (Å²) in [7, 11) is 3.22. The lowest BCUT2D eigenvalue weighted by Crippen LogP contribution is -2.19. The highest BCUT2D eigenvalue weighted by Crippen LogP contribution is 2.04. The minimum Gasteiger partial charge on any atom is -0.464 e. The lowest BCUT2D eigenvalue weighted by Gasteiger charge is -2.04. The van der Waals surface area contributed by atoms with Gasteiger partial charge in [0, 0.05) is 6.54 Å². The van der Waals surface area contributed by atoms with E-state index < -0.39 is 0 Å². The van der Waals surface area contributed by atoms with Crippen LogP contribution in [-0.2, 0) is 11.3 Å². The molecule has 5 nitrogen and oxygen atoms in total. The van der Waals surface area contributed by atoms with Gasteiger partial charge in [-0.1, -0.05) is 0 Å². The number of methoxy groups -OCH3 is 1. The van der Waals surface area contributed by atoms with Crippen molar-refractivity contribution < 1.29 is 9.53 Å². The number of esters is 1. The quantitative estimate of drug-likeness (QED) is 0.700. The van der Waals surface area contributed by atoms with Gasteiger partial charge >= 0.3 is 5.97 Å². The third-order valence-electron chi connectivity index (χ3n) is 1.87. The van der Waals surface area contributed by atoms with Crippen molar-refractivity contribution in [2.24, 2.45) is 0 Å². The maximum absolute atomic E-state index is 11.3. The highest BCUT2D eigenvalue weighted by Gasteiger charge is 2.13. The van der Waals surface area contributed by atoms with E-state index in [1.165, 1.54) is 7.11 Å². The van der Waals surface area contributed by atoms with Crippen LogP contribution in [0.2, 0.25) is 0 Å². The second kappa shape index (κ2) is 4.76. The average Bonchev–Trinajstić information content (AvgIpc) is 2.55. The second-order valence-electron chi connectivity index (χ2n) is 2.99. The maximum atomic E-state index is 11.3. The second-order valence-corrected chi connectivity index (χ2v) is 2.99. The first kappa shape index (κ1) is 10.7. The van der Waals surface area contributed by atoms with Crippen LogP contribution in [0.4, 0.5) is 0 Å². The summed E-state index contributed by atoms with van der Waals surface area (Å²) < 4.78 is 6.30. The summed E-state index contributed by atoms with van der Waals surface area (Å²) in [6.07, 6.45) is 0. The van der Waals surface area contributed by atoms with Crippen LogP contribution in [0.3, 0.4) is 0 Å². The molecule has 0 aromatic carbocycles. The molecule has 0 aliphatic rings. The van der Waals surface area contributed by atoms with Gasteiger partial charge < -0.3 is 10.1 Å². The van der Waals surface area contributed by atoms with Crippen LogP contribution in [0, 0.1) is 6.92 Å². The number of hydrogen-bond donors (Lipinski definition) is 1. The van der Waals surface area contributed by atoms with E-state index in [9.17, 15) is 4.79 Å². The number of aromatic nitrogens is 2. The molecule has 0 unspecified atom stereocenters. The molecule has 0 atom stereocenters. The first-order chi connectivity index (χ1) is 6.69. The summed E-state index contributed by atoms with van der Waals surface area (Å²) >= 11 is 0. The Kier molecular flexibility index (Phi) is 3.64. The average molecular weight is 197 g/mol. The maximum Gasteiger partial charge on any atom is 0.356 e. The lowest BCUT2D eigenvalue weighted by atomic mass is 10.4. The zero-order valence-electron chi connectivity index (χ0n) is 8.70. The number of aryl methyl sites for hydroxylation is 1. The van der Waals surface area contributed by atoms with Crippen LogP contribution in [0.15, 0.2) is 6.07 Å². The zero-order valence-corrected chi connectivity index (χ0v) is 8.70. The number of likely N-dealkylation sites (N-methyl/N-ethyl adjacent to an activating group) is 1. The van der Waals surface area contributed by atoms with E-state index in [1.807, 2.05) is 14.0 Å². The van der Waals surface area contributed by atoms with Crippen LogP contribution in [0.5, 0.6) is 0 Å². The first-order valence-electron chi connectivity index (χ1n) is 4.46. The Morgan fingerprint density at radius 3 is 3.00 bits per heavy atom. The molecule has 0 spiro atoms. The SMILES string of the molecule is CNCCn1nc(C)cc1C(=O)OC. The van der Waals surface area contributed by atoms with E-state index in [1.54, 1.807) is 10.7 Å². The Morgan fingerprint density at radius 1 is 1.71 bits per heavy atom. The lowest BCUT2D eigenvalue weighted by molar-refractivity contribution is 0.0586. The summed E-state index contributed by atoms with van der Waals surface area (Å²) in [4.78, 5) is 11.3. The molecule has 0 fully saturated rings. The van der Waals surface area contributed by atoms with Crippen molar-refractivity contribution in [1.29, 1.82) is 0 Å². The fraction of sp³-hybridized carbons (Fsp3) is 0.556. The fourth-order valence-corrected chi connectivity index (χ4v) is 1.20. The Labute approximate surface area is 83.1 Å². The van der Waals surface area contributed by atoms with Crippen molar-refractivity contribution in [3.63, 3.8) is 0 Å². The Morgan fingerprint density at radius 2 is 2.43 bits per heavy atom. The fourth-order valence-electron chi connectivity index (χ4n) is 1.20. The van der Waals surface area contributed by atoms with Crippen LogP contribution in [0.1, 0.15) is 16.2 Å². The standard InChI is InChI=1S/C9H15N3O2/c1-7-6-8(9(13)14-3)12(11-7)5-4-10-2/h6,10H,4-5H2,1-3H3. The molecule has 5 heteroatoms. The largest absolute Gasteiger partial charge is 0.464 e. The molecule has 0 saturated heterocycles. The Bertz CT molecular complexity index is 320. The number of carbonyl (C=O) groups is 1. The number of hydrogen-bond acceptors (Lipinski definition) is 4. The predicted molar refractivity (Wildman–Crippen MR) is 52.2 cm³/mol. The van der Waals surface area contributed by atoms with Gasteiger partial charge in [0.05, 0.1) is 19.3 Å². The molecule has 1 N–H and O–H groups in total. The van der Waals surface area contributed by atoms with Gasteiger partial charge in [-0.15, -0.1) is 0 Å². The summed E-state index contributed by atoms with van der Waals surface area (Å²) in [6.45, 7) is 3.28. The molecule has 1 aromatic heterocycles. The van der Waals surface area contributed by atoms with Crippen molar-refractivity contribution in [2.45, 2.75) is 13.5 Å². The summed E-state index contributed by atoms with van der Waals surface area (Å²) in [6, 6.07) is 1.72. The molecule has 0 saturated carbocycles. The highest BCUT2D eigenvalue weighted by molar-refractivity contribution is 5.87. The smallest absolute Gasteiger partial charge is 0.356 e. The topological polar surface area (TPSA) is 56.2 Å². The van der Waals surface area contributed by atoms with Gasteiger partial charge in [0.15, 0.2) is 0 Å². The predicted octanol–water partition coefficient (Wildman–Crippen LogP) is 0.198. The third-order valence-corrected chi connectivity index (χ3v) is 1.87. The molecule has 1 heterocycles. The molecule has 0 radical (unpaired) electrons. The molecule has 1 rings (SSSR count). The number of rotatable bonds is 4. The van der Waals surface area contributed by atoms with Crippen LogP contribution in [0.25, 0.3) is 0 Å². The van der Waals surface area contributed by atoms with Gasteiger partial charge in [-0.05, 0) is 20.0 Å². The van der Waals surface area contributed by atoms with E-state index in [-0.39, 0.29) is 5.97 Å². The number of ether oxygens (including phenoxy) is 1. The molecule has 0 aliphatic carbocycles. The van der Waals surface area contributed by atoms with Crippen molar-refractivity contribution >= 4 is 5.97 Å². The number of nitrogens with zero attached hydrogens (tertiary/aromatic N) is 2. The minimum atomic E-state index is -0.346. The highest BCUT2D eigenvalue weighted by atomic mass is 16.5. The van der Waals surface area contributed by atoms with E-state index in [0.29, 0.717) is 12.2 Å². The molecule has 0 amide bonds. The zero-order chi connectivity index (χ0) is 10.6. The first-order valence-corrected chi connectivity index (χ1v) is 4.46. The number of nitrogens with one attached hydrogen (secondary N) is 1. The normalized spacial score (nSPS) is 10.2. The molecule has 14 heavy (non-hydrogen) atoms. The van der Waals surface area contributed by atoms with Gasteiger partial charge in [0.1, 0.15) is 5.69 Å². The monoisotopic (exact) mass is 197 g/mol. The van der Waals surface area contributed by atoms with Crippen molar-refractivity contribution in [2.75, 3.05) is 20.7 Å². The van der Waals surface area contributed by atoms with Gasteiger partial charge in [0.25, 0.3) is 0 Å².